The van der Waals surface area contributed by atoms with Crippen molar-refractivity contribution in [2.45, 2.75) is 13.0 Å². The minimum absolute atomic E-state index is 0.00724. The fourth-order valence-electron chi connectivity index (χ4n) is 4.78. The fourth-order valence-corrected chi connectivity index (χ4v) is 4.78. The van der Waals surface area contributed by atoms with Gasteiger partial charge >= 0.3 is 0 Å². The Balaban J connectivity index is 1.12. The first-order valence-electron chi connectivity index (χ1n) is 11.7. The molecule has 1 aromatic carbocycles. The third-order valence-electron chi connectivity index (χ3n) is 6.88. The number of nitrogens with one attached hydrogen (secondary N) is 1. The maximum atomic E-state index is 13.1. The van der Waals surface area contributed by atoms with Gasteiger partial charge in [-0.2, -0.15) is 0 Å². The number of aromatic amines is 1. The van der Waals surface area contributed by atoms with Gasteiger partial charge in [-0.3, -0.25) is 19.3 Å². The van der Waals surface area contributed by atoms with Crippen LogP contribution in [0.15, 0.2) is 53.1 Å². The second kappa shape index (κ2) is 9.34. The molecule has 178 valence electrons. The molecule has 5 rings (SSSR count). The molecule has 1 unspecified atom stereocenters. The summed E-state index contributed by atoms with van der Waals surface area (Å²) in [7, 11) is 0. The number of H-pyrrole nitrogens is 1. The number of aromatic nitrogens is 1. The first-order chi connectivity index (χ1) is 16.5. The Morgan fingerprint density at radius 2 is 1.47 bits per heavy atom. The predicted molar refractivity (Wildman–Crippen MR) is 126 cm³/mol. The maximum absolute atomic E-state index is 13.1. The minimum atomic E-state index is -0.266. The Bertz CT molecular complexity index is 1140. The lowest BCUT2D eigenvalue weighted by Gasteiger charge is -2.40. The smallest absolute Gasteiger partial charge is 0.289 e. The van der Waals surface area contributed by atoms with E-state index in [4.69, 9.17) is 4.42 Å². The van der Waals surface area contributed by atoms with Crippen molar-refractivity contribution in [3.63, 3.8) is 0 Å². The second-order valence-electron chi connectivity index (χ2n) is 8.87. The van der Waals surface area contributed by atoms with Gasteiger partial charge in [0.25, 0.3) is 11.8 Å². The first-order valence-corrected chi connectivity index (χ1v) is 11.7. The monoisotopic (exact) mass is 463 g/mol. The standard InChI is InChI=1S/C25H29N5O4/c1-18(23(31)28-12-14-30(15-13-28)25(33)22-7-4-16-34-22)27-8-10-29(11-9-27)24(32)21-17-19-5-2-3-6-20(19)26-21/h2-7,16-18,26H,8-15H2,1H3. The number of nitrogens with zero attached hydrogens (tertiary/aromatic N) is 4. The molecule has 34 heavy (non-hydrogen) atoms. The van der Waals surface area contributed by atoms with Gasteiger partial charge in [0.15, 0.2) is 5.76 Å². The molecule has 2 aliphatic heterocycles. The molecule has 2 saturated heterocycles. The quantitative estimate of drug-likeness (QED) is 0.638. The number of piperazine rings is 2. The molecule has 2 aromatic heterocycles. The van der Waals surface area contributed by atoms with Crippen LogP contribution in [0.25, 0.3) is 10.9 Å². The van der Waals surface area contributed by atoms with Gasteiger partial charge in [-0.05, 0) is 31.2 Å². The molecule has 3 aromatic rings. The summed E-state index contributed by atoms with van der Waals surface area (Å²) in [6.07, 6.45) is 1.49. The highest BCUT2D eigenvalue weighted by molar-refractivity contribution is 5.98. The molecule has 9 heteroatoms. The molecule has 3 amide bonds. The molecule has 0 saturated carbocycles. The van der Waals surface area contributed by atoms with E-state index in [1.54, 1.807) is 17.0 Å². The number of furan rings is 1. The zero-order valence-electron chi connectivity index (χ0n) is 19.3. The molecular weight excluding hydrogens is 434 g/mol. The summed E-state index contributed by atoms with van der Waals surface area (Å²) in [5.41, 5.74) is 1.55. The summed E-state index contributed by atoms with van der Waals surface area (Å²) in [5.74, 6) is 0.251. The van der Waals surface area contributed by atoms with Crippen molar-refractivity contribution in [1.29, 1.82) is 0 Å². The van der Waals surface area contributed by atoms with Crippen molar-refractivity contribution in [1.82, 2.24) is 24.6 Å². The van der Waals surface area contributed by atoms with Crippen LogP contribution >= 0.6 is 0 Å². The van der Waals surface area contributed by atoms with Crippen LogP contribution in [0.2, 0.25) is 0 Å². The SMILES string of the molecule is CC(C(=O)N1CCN(C(=O)c2ccco2)CC1)N1CCN(C(=O)c2cc3ccccc3[nH]2)CC1. The Labute approximate surface area is 197 Å². The van der Waals surface area contributed by atoms with Crippen molar-refractivity contribution in [2.24, 2.45) is 0 Å². The van der Waals surface area contributed by atoms with Crippen molar-refractivity contribution in [2.75, 3.05) is 52.4 Å². The van der Waals surface area contributed by atoms with E-state index in [1.807, 2.05) is 47.1 Å². The van der Waals surface area contributed by atoms with E-state index < -0.39 is 0 Å². The summed E-state index contributed by atoms with van der Waals surface area (Å²) in [6, 6.07) is 12.8. The molecule has 2 aliphatic rings. The van der Waals surface area contributed by atoms with Crippen LogP contribution in [0.5, 0.6) is 0 Å². The van der Waals surface area contributed by atoms with Gasteiger partial charge in [0.1, 0.15) is 5.69 Å². The molecule has 0 radical (unpaired) electrons. The molecule has 4 heterocycles. The van der Waals surface area contributed by atoms with Crippen LogP contribution in [-0.2, 0) is 4.79 Å². The van der Waals surface area contributed by atoms with Gasteiger partial charge in [-0.15, -0.1) is 0 Å². The van der Waals surface area contributed by atoms with Crippen molar-refractivity contribution >= 4 is 28.6 Å². The van der Waals surface area contributed by atoms with Gasteiger partial charge in [-0.25, -0.2) is 0 Å². The average molecular weight is 464 g/mol. The van der Waals surface area contributed by atoms with Crippen molar-refractivity contribution in [3.05, 3.63) is 60.2 Å². The van der Waals surface area contributed by atoms with Crippen LogP contribution in [0, 0.1) is 0 Å². The van der Waals surface area contributed by atoms with Crippen molar-refractivity contribution < 1.29 is 18.8 Å². The summed E-state index contributed by atoms with van der Waals surface area (Å²) >= 11 is 0. The van der Waals surface area contributed by atoms with Gasteiger partial charge in [-0.1, -0.05) is 18.2 Å². The van der Waals surface area contributed by atoms with E-state index in [-0.39, 0.29) is 23.8 Å². The number of hydrogen-bond donors (Lipinski definition) is 1. The zero-order chi connectivity index (χ0) is 23.7. The summed E-state index contributed by atoms with van der Waals surface area (Å²) in [5, 5.41) is 1.02. The van der Waals surface area contributed by atoms with Gasteiger partial charge in [0.05, 0.1) is 12.3 Å². The summed E-state index contributed by atoms with van der Waals surface area (Å²) in [4.78, 5) is 49.3. The van der Waals surface area contributed by atoms with Gasteiger partial charge in [0.2, 0.25) is 5.91 Å². The summed E-state index contributed by atoms with van der Waals surface area (Å²) < 4.78 is 5.20. The van der Waals surface area contributed by atoms with Crippen LogP contribution in [-0.4, -0.2) is 101 Å². The molecule has 1 N–H and O–H groups in total. The van der Waals surface area contributed by atoms with Gasteiger partial charge in [0, 0.05) is 63.3 Å². The van der Waals surface area contributed by atoms with Crippen molar-refractivity contribution in [3.8, 4) is 0 Å². The number of para-hydroxylation sites is 1. The lowest BCUT2D eigenvalue weighted by Crippen LogP contribution is -2.58. The average Bonchev–Trinajstić information content (AvgIpc) is 3.57. The van der Waals surface area contributed by atoms with Crippen LogP contribution in [0.3, 0.4) is 0 Å². The van der Waals surface area contributed by atoms with E-state index in [0.29, 0.717) is 63.8 Å². The van der Waals surface area contributed by atoms with E-state index in [9.17, 15) is 14.4 Å². The number of fused-ring (bicyclic) bond motifs is 1. The number of carbonyl (C=O) groups is 3. The summed E-state index contributed by atoms with van der Waals surface area (Å²) in [6.45, 7) is 6.39. The van der Waals surface area contributed by atoms with Crippen LogP contribution in [0.1, 0.15) is 28.0 Å². The third kappa shape index (κ3) is 4.31. The molecule has 0 aliphatic carbocycles. The molecule has 0 bridgehead atoms. The largest absolute Gasteiger partial charge is 0.459 e. The van der Waals surface area contributed by atoms with E-state index in [0.717, 1.165) is 10.9 Å². The Kier molecular flexibility index (Phi) is 6.10. The Morgan fingerprint density at radius 1 is 0.824 bits per heavy atom. The molecular formula is C25H29N5O4. The Morgan fingerprint density at radius 3 is 2.15 bits per heavy atom. The normalized spacial score (nSPS) is 18.3. The predicted octanol–water partition coefficient (Wildman–Crippen LogP) is 1.89. The fraction of sp³-hybridized carbons (Fsp3) is 0.400. The topological polar surface area (TPSA) is 93.1 Å². The highest BCUT2D eigenvalue weighted by Crippen LogP contribution is 2.18. The number of carbonyl (C=O) groups excluding carboxylic acids is 3. The number of benzene rings is 1. The molecule has 2 fully saturated rings. The number of rotatable bonds is 4. The molecule has 9 nitrogen and oxygen atoms in total. The van der Waals surface area contributed by atoms with Gasteiger partial charge < -0.3 is 24.1 Å². The lowest BCUT2D eigenvalue weighted by atomic mass is 10.1. The third-order valence-corrected chi connectivity index (χ3v) is 6.88. The highest BCUT2D eigenvalue weighted by atomic mass is 16.3. The van der Waals surface area contributed by atoms with E-state index in [2.05, 4.69) is 9.88 Å². The maximum Gasteiger partial charge on any atom is 0.289 e. The van der Waals surface area contributed by atoms with Crippen LogP contribution in [0.4, 0.5) is 0 Å². The molecule has 1 atom stereocenters. The minimum Gasteiger partial charge on any atom is -0.459 e. The van der Waals surface area contributed by atoms with E-state index in [1.165, 1.54) is 6.26 Å². The zero-order valence-corrected chi connectivity index (χ0v) is 19.3. The molecule has 0 spiro atoms. The number of hydrogen-bond acceptors (Lipinski definition) is 5. The number of amides is 3. The van der Waals surface area contributed by atoms with Crippen LogP contribution < -0.4 is 0 Å². The second-order valence-corrected chi connectivity index (χ2v) is 8.87. The lowest BCUT2D eigenvalue weighted by molar-refractivity contribution is -0.138. The first kappa shape index (κ1) is 22.2. The highest BCUT2D eigenvalue weighted by Gasteiger charge is 2.33. The van der Waals surface area contributed by atoms with E-state index >= 15 is 0 Å². The Hall–Kier alpha value is -3.59.